The SMILES string of the molecule is Cc1nc(CNC(=O)N2CCCC[C@@H]2C)cs1. The minimum Gasteiger partial charge on any atom is -0.332 e. The molecule has 2 amide bonds. The highest BCUT2D eigenvalue weighted by Crippen LogP contribution is 2.16. The lowest BCUT2D eigenvalue weighted by Gasteiger charge is -2.33. The zero-order valence-electron chi connectivity index (χ0n) is 10.4. The molecule has 1 N–H and O–H groups in total. The van der Waals surface area contributed by atoms with Crippen LogP contribution >= 0.6 is 11.3 Å². The van der Waals surface area contributed by atoms with E-state index in [2.05, 4.69) is 17.2 Å². The molecule has 0 bridgehead atoms. The highest BCUT2D eigenvalue weighted by atomic mass is 32.1. The summed E-state index contributed by atoms with van der Waals surface area (Å²) in [6, 6.07) is 0.406. The third kappa shape index (κ3) is 3.19. The summed E-state index contributed by atoms with van der Waals surface area (Å²) >= 11 is 1.62. The quantitative estimate of drug-likeness (QED) is 0.880. The number of likely N-dealkylation sites (tertiary alicyclic amines) is 1. The molecule has 0 aliphatic carbocycles. The van der Waals surface area contributed by atoms with E-state index < -0.39 is 0 Å². The molecule has 2 heterocycles. The topological polar surface area (TPSA) is 45.2 Å². The third-order valence-electron chi connectivity index (χ3n) is 3.15. The summed E-state index contributed by atoms with van der Waals surface area (Å²) in [7, 11) is 0. The molecule has 4 nitrogen and oxygen atoms in total. The summed E-state index contributed by atoms with van der Waals surface area (Å²) in [4.78, 5) is 18.2. The van der Waals surface area contributed by atoms with Crippen molar-refractivity contribution in [3.8, 4) is 0 Å². The number of aryl methyl sites for hydroxylation is 1. The van der Waals surface area contributed by atoms with Crippen molar-refractivity contribution in [2.45, 2.75) is 45.7 Å². The third-order valence-corrected chi connectivity index (χ3v) is 3.97. The lowest BCUT2D eigenvalue weighted by atomic mass is 10.0. The molecule has 1 aromatic heterocycles. The van der Waals surface area contributed by atoms with Gasteiger partial charge in [0.05, 0.1) is 17.2 Å². The zero-order chi connectivity index (χ0) is 12.3. The molecule has 1 atom stereocenters. The molecule has 17 heavy (non-hydrogen) atoms. The first-order valence-electron chi connectivity index (χ1n) is 6.12. The molecule has 1 aliphatic rings. The van der Waals surface area contributed by atoms with E-state index in [9.17, 15) is 4.79 Å². The van der Waals surface area contributed by atoms with Gasteiger partial charge < -0.3 is 10.2 Å². The van der Waals surface area contributed by atoms with E-state index in [4.69, 9.17) is 0 Å². The van der Waals surface area contributed by atoms with Crippen LogP contribution in [0.4, 0.5) is 4.79 Å². The Morgan fingerprint density at radius 2 is 2.47 bits per heavy atom. The van der Waals surface area contributed by atoms with E-state index in [0.29, 0.717) is 12.6 Å². The Bertz CT molecular complexity index is 391. The number of carbonyl (C=O) groups excluding carboxylic acids is 1. The molecule has 94 valence electrons. The van der Waals surface area contributed by atoms with Crippen LogP contribution in [0, 0.1) is 6.92 Å². The molecule has 0 saturated carbocycles. The highest BCUT2D eigenvalue weighted by Gasteiger charge is 2.22. The molecular formula is C12H19N3OS. The van der Waals surface area contributed by atoms with Gasteiger partial charge in [-0.2, -0.15) is 0 Å². The van der Waals surface area contributed by atoms with Crippen LogP contribution < -0.4 is 5.32 Å². The summed E-state index contributed by atoms with van der Waals surface area (Å²) in [6.07, 6.45) is 3.47. The lowest BCUT2D eigenvalue weighted by Crippen LogP contribution is -2.47. The molecule has 5 heteroatoms. The number of thiazole rings is 1. The van der Waals surface area contributed by atoms with Crippen molar-refractivity contribution < 1.29 is 4.79 Å². The molecule has 0 unspecified atom stereocenters. The molecule has 0 spiro atoms. The van der Waals surface area contributed by atoms with Gasteiger partial charge in [-0.3, -0.25) is 0 Å². The molecule has 1 fully saturated rings. The van der Waals surface area contributed by atoms with Crippen LogP contribution in [0.25, 0.3) is 0 Å². The maximum Gasteiger partial charge on any atom is 0.317 e. The largest absolute Gasteiger partial charge is 0.332 e. The maximum atomic E-state index is 12.0. The average molecular weight is 253 g/mol. The predicted molar refractivity (Wildman–Crippen MR) is 69.1 cm³/mol. The van der Waals surface area contributed by atoms with Gasteiger partial charge in [0.1, 0.15) is 0 Å². The monoisotopic (exact) mass is 253 g/mol. The van der Waals surface area contributed by atoms with E-state index in [0.717, 1.165) is 30.1 Å². The molecule has 0 aromatic carbocycles. The van der Waals surface area contributed by atoms with Crippen molar-refractivity contribution in [1.82, 2.24) is 15.2 Å². The van der Waals surface area contributed by atoms with Crippen molar-refractivity contribution >= 4 is 17.4 Å². The van der Waals surface area contributed by atoms with Gasteiger partial charge in [-0.25, -0.2) is 9.78 Å². The van der Waals surface area contributed by atoms with Crippen LogP contribution in [0.2, 0.25) is 0 Å². The van der Waals surface area contributed by atoms with Crippen LogP contribution in [0.3, 0.4) is 0 Å². The fraction of sp³-hybridized carbons (Fsp3) is 0.667. The maximum absolute atomic E-state index is 12.0. The van der Waals surface area contributed by atoms with E-state index >= 15 is 0 Å². The second-order valence-corrected chi connectivity index (χ2v) is 5.62. The van der Waals surface area contributed by atoms with Crippen molar-refractivity contribution in [3.05, 3.63) is 16.1 Å². The number of amides is 2. The first kappa shape index (κ1) is 12.4. The number of hydrogen-bond acceptors (Lipinski definition) is 3. The fourth-order valence-corrected chi connectivity index (χ4v) is 2.77. The number of nitrogens with one attached hydrogen (secondary N) is 1. The van der Waals surface area contributed by atoms with E-state index in [1.165, 1.54) is 6.42 Å². The van der Waals surface area contributed by atoms with Crippen molar-refractivity contribution in [1.29, 1.82) is 0 Å². The Morgan fingerprint density at radius 3 is 3.12 bits per heavy atom. The van der Waals surface area contributed by atoms with Crippen LogP contribution in [-0.2, 0) is 6.54 Å². The Morgan fingerprint density at radius 1 is 1.65 bits per heavy atom. The van der Waals surface area contributed by atoms with Gasteiger partial charge in [-0.05, 0) is 33.1 Å². The van der Waals surface area contributed by atoms with Gasteiger partial charge in [-0.1, -0.05) is 0 Å². The van der Waals surface area contributed by atoms with Crippen LogP contribution in [0.1, 0.15) is 36.9 Å². The van der Waals surface area contributed by atoms with Crippen molar-refractivity contribution in [2.75, 3.05) is 6.54 Å². The van der Waals surface area contributed by atoms with Gasteiger partial charge in [0, 0.05) is 18.0 Å². The number of carbonyl (C=O) groups is 1. The van der Waals surface area contributed by atoms with Crippen LogP contribution in [-0.4, -0.2) is 28.5 Å². The van der Waals surface area contributed by atoms with Gasteiger partial charge in [0.2, 0.25) is 0 Å². The predicted octanol–water partition coefficient (Wildman–Crippen LogP) is 2.54. The van der Waals surface area contributed by atoms with E-state index in [-0.39, 0.29) is 6.03 Å². The molecule has 1 saturated heterocycles. The normalized spacial score (nSPS) is 20.4. The molecule has 2 rings (SSSR count). The summed E-state index contributed by atoms with van der Waals surface area (Å²) in [6.45, 7) is 5.50. The van der Waals surface area contributed by atoms with Crippen LogP contribution in [0.15, 0.2) is 5.38 Å². The minimum atomic E-state index is 0.0443. The Kier molecular flexibility index (Phi) is 3.99. The number of hydrogen-bond donors (Lipinski definition) is 1. The van der Waals surface area contributed by atoms with E-state index in [1.807, 2.05) is 17.2 Å². The second kappa shape index (κ2) is 5.49. The van der Waals surface area contributed by atoms with Gasteiger partial charge in [-0.15, -0.1) is 11.3 Å². The number of piperidine rings is 1. The van der Waals surface area contributed by atoms with Crippen molar-refractivity contribution in [3.63, 3.8) is 0 Å². The van der Waals surface area contributed by atoms with Gasteiger partial charge in [0.25, 0.3) is 0 Å². The van der Waals surface area contributed by atoms with Crippen LogP contribution in [0.5, 0.6) is 0 Å². The highest BCUT2D eigenvalue weighted by molar-refractivity contribution is 7.09. The minimum absolute atomic E-state index is 0.0443. The number of aromatic nitrogens is 1. The Hall–Kier alpha value is -1.10. The second-order valence-electron chi connectivity index (χ2n) is 4.55. The Labute approximate surface area is 106 Å². The number of urea groups is 1. The standard InChI is InChI=1S/C12H19N3OS/c1-9-5-3-4-6-15(9)12(16)13-7-11-8-17-10(2)14-11/h8-9H,3-7H2,1-2H3,(H,13,16)/t9-/m0/s1. The molecule has 1 aromatic rings. The molecule has 0 radical (unpaired) electrons. The van der Waals surface area contributed by atoms with E-state index in [1.54, 1.807) is 11.3 Å². The lowest BCUT2D eigenvalue weighted by molar-refractivity contribution is 0.157. The van der Waals surface area contributed by atoms with Crippen molar-refractivity contribution in [2.24, 2.45) is 0 Å². The number of rotatable bonds is 2. The summed E-state index contributed by atoms with van der Waals surface area (Å²) in [5, 5.41) is 5.98. The number of nitrogens with zero attached hydrogens (tertiary/aromatic N) is 2. The fourth-order valence-electron chi connectivity index (χ4n) is 2.16. The first-order chi connectivity index (χ1) is 8.16. The summed E-state index contributed by atoms with van der Waals surface area (Å²) in [5.41, 5.74) is 0.950. The summed E-state index contributed by atoms with van der Waals surface area (Å²) < 4.78 is 0. The average Bonchev–Trinajstić information content (AvgIpc) is 2.73. The van der Waals surface area contributed by atoms with Gasteiger partial charge in [0.15, 0.2) is 0 Å². The Balaban J connectivity index is 1.84. The summed E-state index contributed by atoms with van der Waals surface area (Å²) in [5.74, 6) is 0. The van der Waals surface area contributed by atoms with Gasteiger partial charge >= 0.3 is 6.03 Å². The zero-order valence-corrected chi connectivity index (χ0v) is 11.2. The smallest absolute Gasteiger partial charge is 0.317 e. The molecule has 1 aliphatic heterocycles. The molecular weight excluding hydrogens is 234 g/mol. The first-order valence-corrected chi connectivity index (χ1v) is 7.00.